The molecule has 0 spiro atoms. The Bertz CT molecular complexity index is 575. The Kier molecular flexibility index (Phi) is 6.93. The maximum atomic E-state index is 9.91. The Morgan fingerprint density at radius 1 is 1.46 bits per heavy atom. The molecule has 6 heteroatoms. The highest BCUT2D eigenvalue weighted by Gasteiger charge is 2.20. The molecule has 6 nitrogen and oxygen atoms in total. The van der Waals surface area contributed by atoms with Gasteiger partial charge in [0, 0.05) is 25.2 Å². The lowest BCUT2D eigenvalue weighted by molar-refractivity contribution is 0.101. The molecule has 1 aromatic rings. The van der Waals surface area contributed by atoms with E-state index >= 15 is 0 Å². The Balaban J connectivity index is 2.19. The van der Waals surface area contributed by atoms with Crippen molar-refractivity contribution in [3.05, 3.63) is 36.4 Å². The van der Waals surface area contributed by atoms with Crippen LogP contribution in [0, 0.1) is 0 Å². The highest BCUT2D eigenvalue weighted by atomic mass is 16.5. The lowest BCUT2D eigenvalue weighted by atomic mass is 10.1. The number of piperidine rings is 1. The van der Waals surface area contributed by atoms with E-state index in [1.54, 1.807) is 20.3 Å². The van der Waals surface area contributed by atoms with E-state index in [1.165, 1.54) is 0 Å². The maximum Gasteiger partial charge on any atom is 0.194 e. The van der Waals surface area contributed by atoms with Crippen LogP contribution in [0.15, 0.2) is 35.8 Å². The Labute approximate surface area is 143 Å². The van der Waals surface area contributed by atoms with Gasteiger partial charge in [0.2, 0.25) is 0 Å². The number of methoxy groups -OCH3 is 2. The number of aliphatic hydroxyl groups is 1. The molecule has 0 aliphatic carbocycles. The lowest BCUT2D eigenvalue weighted by Gasteiger charge is -2.32. The summed E-state index contributed by atoms with van der Waals surface area (Å²) < 4.78 is 10.8. The quantitative estimate of drug-likeness (QED) is 0.472. The van der Waals surface area contributed by atoms with Crippen LogP contribution in [-0.2, 0) is 6.54 Å². The van der Waals surface area contributed by atoms with E-state index in [0.717, 1.165) is 30.9 Å². The zero-order chi connectivity index (χ0) is 17.4. The van der Waals surface area contributed by atoms with Gasteiger partial charge < -0.3 is 24.8 Å². The Hall–Kier alpha value is -2.21. The summed E-state index contributed by atoms with van der Waals surface area (Å²) in [5.41, 5.74) is 0.951. The van der Waals surface area contributed by atoms with Gasteiger partial charge in [-0.2, -0.15) is 0 Å². The molecule has 1 heterocycles. The minimum Gasteiger partial charge on any atom is -0.493 e. The van der Waals surface area contributed by atoms with Crippen molar-refractivity contribution in [3.8, 4) is 11.5 Å². The molecule has 2 N–H and O–H groups in total. The summed E-state index contributed by atoms with van der Waals surface area (Å²) in [5, 5.41) is 13.2. The van der Waals surface area contributed by atoms with E-state index in [0.29, 0.717) is 31.1 Å². The topological polar surface area (TPSA) is 66.3 Å². The fourth-order valence-electron chi connectivity index (χ4n) is 2.82. The van der Waals surface area contributed by atoms with Crippen LogP contribution in [0.1, 0.15) is 18.4 Å². The summed E-state index contributed by atoms with van der Waals surface area (Å²) in [7, 11) is 3.25. The number of likely N-dealkylation sites (tertiary alicyclic amines) is 1. The number of hydrogen-bond donors (Lipinski definition) is 2. The summed E-state index contributed by atoms with van der Waals surface area (Å²) in [6.45, 7) is 6.31. The van der Waals surface area contributed by atoms with Crippen molar-refractivity contribution in [2.75, 3.05) is 33.9 Å². The van der Waals surface area contributed by atoms with E-state index in [2.05, 4.69) is 16.8 Å². The number of nitrogens with one attached hydrogen (secondary N) is 1. The highest BCUT2D eigenvalue weighted by molar-refractivity contribution is 5.80. The lowest BCUT2D eigenvalue weighted by Crippen LogP contribution is -2.48. The average Bonchev–Trinajstić information content (AvgIpc) is 2.61. The number of β-amino-alcohol motifs (C(OH)–C–C–N with tert-alkyl or cyclic N) is 1. The zero-order valence-corrected chi connectivity index (χ0v) is 14.5. The van der Waals surface area contributed by atoms with E-state index in [9.17, 15) is 5.11 Å². The van der Waals surface area contributed by atoms with Gasteiger partial charge in [0.05, 0.1) is 26.9 Å². The van der Waals surface area contributed by atoms with Crippen molar-refractivity contribution < 1.29 is 14.6 Å². The van der Waals surface area contributed by atoms with Gasteiger partial charge in [-0.1, -0.05) is 18.2 Å². The smallest absolute Gasteiger partial charge is 0.194 e. The minimum atomic E-state index is -0.305. The van der Waals surface area contributed by atoms with Gasteiger partial charge in [-0.25, -0.2) is 4.99 Å². The molecule has 0 bridgehead atoms. The van der Waals surface area contributed by atoms with Gasteiger partial charge in [0.1, 0.15) is 0 Å². The monoisotopic (exact) mass is 333 g/mol. The van der Waals surface area contributed by atoms with Gasteiger partial charge in [-0.15, -0.1) is 6.58 Å². The van der Waals surface area contributed by atoms with Crippen molar-refractivity contribution in [1.82, 2.24) is 10.2 Å². The number of rotatable bonds is 6. The van der Waals surface area contributed by atoms with Gasteiger partial charge >= 0.3 is 0 Å². The molecular weight excluding hydrogens is 306 g/mol. The molecule has 0 amide bonds. The van der Waals surface area contributed by atoms with E-state index in [4.69, 9.17) is 14.5 Å². The number of aliphatic hydroxyl groups excluding tert-OH is 1. The van der Waals surface area contributed by atoms with Crippen LogP contribution in [0.4, 0.5) is 0 Å². The molecule has 1 saturated heterocycles. The second kappa shape index (κ2) is 9.17. The van der Waals surface area contributed by atoms with Crippen LogP contribution in [-0.4, -0.2) is 55.9 Å². The van der Waals surface area contributed by atoms with Crippen molar-refractivity contribution in [2.24, 2.45) is 4.99 Å². The summed E-state index contributed by atoms with van der Waals surface area (Å²) >= 11 is 0. The second-order valence-electron chi connectivity index (χ2n) is 5.70. The number of ether oxygens (including phenoxy) is 2. The molecular formula is C18H27N3O3. The Morgan fingerprint density at radius 3 is 2.96 bits per heavy atom. The molecule has 1 aromatic carbocycles. The van der Waals surface area contributed by atoms with Crippen molar-refractivity contribution in [1.29, 1.82) is 0 Å². The first-order valence-electron chi connectivity index (χ1n) is 8.21. The molecule has 1 atom stereocenters. The number of hydrogen-bond acceptors (Lipinski definition) is 4. The number of nitrogens with zero attached hydrogens (tertiary/aromatic N) is 2. The molecule has 1 aliphatic rings. The van der Waals surface area contributed by atoms with E-state index < -0.39 is 0 Å². The first-order chi connectivity index (χ1) is 11.7. The molecule has 0 unspecified atom stereocenters. The first-order valence-corrected chi connectivity index (χ1v) is 8.21. The first kappa shape index (κ1) is 18.1. The summed E-state index contributed by atoms with van der Waals surface area (Å²) in [6, 6.07) is 5.76. The van der Waals surface area contributed by atoms with Gasteiger partial charge in [-0.05, 0) is 18.9 Å². The second-order valence-corrected chi connectivity index (χ2v) is 5.70. The predicted molar refractivity (Wildman–Crippen MR) is 95.7 cm³/mol. The van der Waals surface area contributed by atoms with E-state index in [1.807, 2.05) is 18.2 Å². The molecule has 24 heavy (non-hydrogen) atoms. The van der Waals surface area contributed by atoms with Crippen LogP contribution < -0.4 is 14.8 Å². The predicted octanol–water partition coefficient (Wildman–Crippen LogP) is 1.79. The standard InChI is InChI=1S/C18H27N3O3/c1-4-10-19-18(21-11-6-8-15(22)13-21)20-12-14-7-5-9-16(23-2)17(14)24-3/h4-5,7,9,15,22H,1,6,8,10-13H2,2-3H3,(H,19,20)/t15-/m0/s1. The largest absolute Gasteiger partial charge is 0.493 e. The molecule has 1 fully saturated rings. The molecule has 2 rings (SSSR count). The number of para-hydroxylation sites is 1. The highest BCUT2D eigenvalue weighted by Crippen LogP contribution is 2.31. The summed E-state index contributed by atoms with van der Waals surface area (Å²) in [6.07, 6.45) is 3.29. The molecule has 1 aliphatic heterocycles. The van der Waals surface area contributed by atoms with Gasteiger partial charge in [-0.3, -0.25) is 0 Å². The number of aliphatic imine (C=N–C) groups is 1. The molecule has 0 radical (unpaired) electrons. The van der Waals surface area contributed by atoms with Gasteiger partial charge in [0.25, 0.3) is 0 Å². The number of guanidine groups is 1. The zero-order valence-electron chi connectivity index (χ0n) is 14.5. The third-order valence-electron chi connectivity index (χ3n) is 3.98. The Morgan fingerprint density at radius 2 is 2.29 bits per heavy atom. The van der Waals surface area contributed by atoms with Crippen LogP contribution >= 0.6 is 0 Å². The minimum absolute atomic E-state index is 0.305. The van der Waals surface area contributed by atoms with Crippen LogP contribution in [0.5, 0.6) is 11.5 Å². The average molecular weight is 333 g/mol. The SMILES string of the molecule is C=CCNC(=NCc1cccc(OC)c1OC)N1CCC[C@H](O)C1. The van der Waals surface area contributed by atoms with Crippen molar-refractivity contribution >= 4 is 5.96 Å². The van der Waals surface area contributed by atoms with Crippen LogP contribution in [0.2, 0.25) is 0 Å². The van der Waals surface area contributed by atoms with Crippen molar-refractivity contribution in [3.63, 3.8) is 0 Å². The maximum absolute atomic E-state index is 9.91. The normalized spacial score (nSPS) is 18.2. The summed E-state index contributed by atoms with van der Waals surface area (Å²) in [4.78, 5) is 6.80. The van der Waals surface area contributed by atoms with Crippen LogP contribution in [0.3, 0.4) is 0 Å². The fraction of sp³-hybridized carbons (Fsp3) is 0.500. The van der Waals surface area contributed by atoms with Crippen molar-refractivity contribution in [2.45, 2.75) is 25.5 Å². The molecule has 0 aromatic heterocycles. The van der Waals surface area contributed by atoms with E-state index in [-0.39, 0.29) is 6.10 Å². The third kappa shape index (κ3) is 4.64. The molecule has 0 saturated carbocycles. The summed E-state index contributed by atoms with van der Waals surface area (Å²) in [5.74, 6) is 2.17. The number of benzene rings is 1. The fourth-order valence-corrected chi connectivity index (χ4v) is 2.82. The molecule has 132 valence electrons. The van der Waals surface area contributed by atoms with Crippen LogP contribution in [0.25, 0.3) is 0 Å². The third-order valence-corrected chi connectivity index (χ3v) is 3.98. The van der Waals surface area contributed by atoms with Gasteiger partial charge in [0.15, 0.2) is 17.5 Å².